The maximum Gasteiger partial charge on any atom is 0.178 e. The number of H-pyrrole nitrogens is 1. The number of hydrogen-bond donors (Lipinski definition) is 1. The third kappa shape index (κ3) is 2.99. The van der Waals surface area contributed by atoms with E-state index in [9.17, 15) is 0 Å². The number of rotatable bonds is 2. The van der Waals surface area contributed by atoms with E-state index in [0.717, 1.165) is 27.7 Å². The molecule has 0 fully saturated rings. The minimum atomic E-state index is 0.324. The van der Waals surface area contributed by atoms with E-state index in [2.05, 4.69) is 58.4 Å². The van der Waals surface area contributed by atoms with Crippen LogP contribution in [0.1, 0.15) is 27.2 Å². The molecule has 4 heteroatoms. The van der Waals surface area contributed by atoms with Crippen LogP contribution < -0.4 is 0 Å². The van der Waals surface area contributed by atoms with E-state index in [4.69, 9.17) is 12.2 Å². The van der Waals surface area contributed by atoms with Crippen molar-refractivity contribution < 1.29 is 0 Å². The van der Waals surface area contributed by atoms with Crippen molar-refractivity contribution >= 4 is 39.2 Å². The predicted molar refractivity (Wildman–Crippen MR) is 78.9 cm³/mol. The summed E-state index contributed by atoms with van der Waals surface area (Å²) in [5.74, 6) is 0. The Morgan fingerprint density at radius 2 is 2.06 bits per heavy atom. The lowest BCUT2D eigenvalue weighted by molar-refractivity contribution is 0.352. The Balaban J connectivity index is 2.42. The number of nitrogens with zero attached hydrogens (tertiary/aromatic N) is 1. The van der Waals surface area contributed by atoms with Gasteiger partial charge in [0.2, 0.25) is 0 Å². The number of nitrogens with one attached hydrogen (secondary N) is 1. The Labute approximate surface area is 115 Å². The number of imidazole rings is 1. The number of hydrogen-bond acceptors (Lipinski definition) is 1. The third-order valence-corrected chi connectivity index (χ3v) is 3.64. The summed E-state index contributed by atoms with van der Waals surface area (Å²) < 4.78 is 4.08. The van der Waals surface area contributed by atoms with Gasteiger partial charge < -0.3 is 9.55 Å². The van der Waals surface area contributed by atoms with Crippen molar-refractivity contribution in [2.24, 2.45) is 5.41 Å². The van der Waals surface area contributed by atoms with E-state index in [-0.39, 0.29) is 0 Å². The number of benzene rings is 1. The molecule has 92 valence electrons. The van der Waals surface area contributed by atoms with Crippen LogP contribution in [-0.2, 0) is 6.54 Å². The number of aryl methyl sites for hydroxylation is 1. The second-order valence-corrected chi connectivity index (χ2v) is 6.86. The molecule has 1 aromatic heterocycles. The average Bonchev–Trinajstić information content (AvgIpc) is 2.49. The maximum atomic E-state index is 5.38. The van der Waals surface area contributed by atoms with Crippen LogP contribution in [0.3, 0.4) is 0 Å². The van der Waals surface area contributed by atoms with E-state index in [1.807, 2.05) is 6.07 Å². The van der Waals surface area contributed by atoms with Gasteiger partial charge in [-0.1, -0.05) is 36.7 Å². The molecular formula is C13H17BrN2S. The van der Waals surface area contributed by atoms with Gasteiger partial charge in [-0.2, -0.15) is 0 Å². The van der Waals surface area contributed by atoms with Crippen LogP contribution in [0.5, 0.6) is 0 Å². The van der Waals surface area contributed by atoms with Crippen molar-refractivity contribution in [1.82, 2.24) is 9.55 Å². The Morgan fingerprint density at radius 1 is 1.35 bits per heavy atom. The van der Waals surface area contributed by atoms with Gasteiger partial charge in [0.15, 0.2) is 4.77 Å². The quantitative estimate of drug-likeness (QED) is 0.782. The van der Waals surface area contributed by atoms with Crippen molar-refractivity contribution in [1.29, 1.82) is 0 Å². The highest BCUT2D eigenvalue weighted by Crippen LogP contribution is 2.23. The lowest BCUT2D eigenvalue weighted by atomic mass is 9.92. The maximum absolute atomic E-state index is 5.38. The molecule has 0 amide bonds. The van der Waals surface area contributed by atoms with Gasteiger partial charge in [-0.25, -0.2) is 0 Å². The molecule has 2 aromatic rings. The van der Waals surface area contributed by atoms with Gasteiger partial charge in [-0.3, -0.25) is 0 Å². The minimum absolute atomic E-state index is 0.324. The zero-order valence-corrected chi connectivity index (χ0v) is 12.8. The van der Waals surface area contributed by atoms with Crippen molar-refractivity contribution in [3.63, 3.8) is 0 Å². The summed E-state index contributed by atoms with van der Waals surface area (Å²) in [6.07, 6.45) is 1.11. The third-order valence-electron chi connectivity index (χ3n) is 2.82. The molecule has 2 rings (SSSR count). The smallest absolute Gasteiger partial charge is 0.178 e. The summed E-state index contributed by atoms with van der Waals surface area (Å²) in [5.41, 5.74) is 2.60. The Kier molecular flexibility index (Phi) is 3.46. The zero-order chi connectivity index (χ0) is 12.6. The first-order valence-corrected chi connectivity index (χ1v) is 6.95. The van der Waals surface area contributed by atoms with Gasteiger partial charge in [0.05, 0.1) is 11.0 Å². The van der Waals surface area contributed by atoms with Crippen molar-refractivity contribution in [3.05, 3.63) is 27.4 Å². The van der Waals surface area contributed by atoms with Crippen LogP contribution in [-0.4, -0.2) is 9.55 Å². The molecule has 0 radical (unpaired) electrons. The molecule has 0 atom stereocenters. The van der Waals surface area contributed by atoms with Crippen LogP contribution in [0.4, 0.5) is 0 Å². The van der Waals surface area contributed by atoms with E-state index < -0.39 is 0 Å². The second kappa shape index (κ2) is 4.58. The summed E-state index contributed by atoms with van der Waals surface area (Å²) in [5, 5.41) is 0. The number of aromatic nitrogens is 2. The summed E-state index contributed by atoms with van der Waals surface area (Å²) in [6, 6.07) is 6.20. The molecule has 0 spiro atoms. The van der Waals surface area contributed by atoms with Gasteiger partial charge in [-0.05, 0) is 42.3 Å². The number of aromatic amines is 1. The topological polar surface area (TPSA) is 20.7 Å². The fraction of sp³-hybridized carbons (Fsp3) is 0.462. The summed E-state index contributed by atoms with van der Waals surface area (Å²) >= 11 is 8.88. The summed E-state index contributed by atoms with van der Waals surface area (Å²) in [6.45, 7) is 7.71. The Hall–Kier alpha value is -0.610. The van der Waals surface area contributed by atoms with Gasteiger partial charge in [0.1, 0.15) is 0 Å². The standard InChI is InChI=1S/C13H17BrN2S/c1-13(2,3)6-7-16-11-8-9(14)4-5-10(11)15-12(16)17/h4-5,8H,6-7H2,1-3H3,(H,15,17). The molecule has 0 bridgehead atoms. The molecular weight excluding hydrogens is 296 g/mol. The molecule has 0 aliphatic rings. The van der Waals surface area contributed by atoms with Crippen LogP contribution in [0, 0.1) is 10.2 Å². The van der Waals surface area contributed by atoms with Gasteiger partial charge in [0, 0.05) is 11.0 Å². The highest BCUT2D eigenvalue weighted by atomic mass is 79.9. The fourth-order valence-corrected chi connectivity index (χ4v) is 2.44. The first kappa shape index (κ1) is 12.8. The Bertz CT molecular complexity index is 589. The van der Waals surface area contributed by atoms with Gasteiger partial charge in [-0.15, -0.1) is 0 Å². The summed E-state index contributed by atoms with van der Waals surface area (Å²) in [4.78, 5) is 3.25. The van der Waals surface area contributed by atoms with Crippen LogP contribution in [0.2, 0.25) is 0 Å². The zero-order valence-electron chi connectivity index (χ0n) is 10.4. The normalized spacial score (nSPS) is 12.2. The highest BCUT2D eigenvalue weighted by molar-refractivity contribution is 9.10. The first-order chi connectivity index (χ1) is 7.87. The molecule has 0 unspecified atom stereocenters. The second-order valence-electron chi connectivity index (χ2n) is 5.55. The van der Waals surface area contributed by atoms with E-state index in [1.54, 1.807) is 0 Å². The minimum Gasteiger partial charge on any atom is -0.331 e. The van der Waals surface area contributed by atoms with Crippen LogP contribution in [0.25, 0.3) is 11.0 Å². The molecule has 1 heterocycles. The largest absolute Gasteiger partial charge is 0.331 e. The molecule has 2 nitrogen and oxygen atoms in total. The Morgan fingerprint density at radius 3 is 2.71 bits per heavy atom. The van der Waals surface area contributed by atoms with Crippen molar-refractivity contribution in [3.8, 4) is 0 Å². The predicted octanol–water partition coefficient (Wildman–Crippen LogP) is 4.90. The monoisotopic (exact) mass is 312 g/mol. The highest BCUT2D eigenvalue weighted by Gasteiger charge is 2.12. The van der Waals surface area contributed by atoms with Gasteiger partial charge >= 0.3 is 0 Å². The molecule has 0 aliphatic carbocycles. The molecule has 0 aliphatic heterocycles. The number of fused-ring (bicyclic) bond motifs is 1. The van der Waals surface area contributed by atoms with Crippen LogP contribution in [0.15, 0.2) is 22.7 Å². The molecule has 0 saturated heterocycles. The molecule has 17 heavy (non-hydrogen) atoms. The number of halogens is 1. The first-order valence-electron chi connectivity index (χ1n) is 5.75. The average molecular weight is 313 g/mol. The van der Waals surface area contributed by atoms with Crippen molar-refractivity contribution in [2.45, 2.75) is 33.7 Å². The molecule has 0 saturated carbocycles. The molecule has 1 aromatic carbocycles. The molecule has 1 N–H and O–H groups in total. The van der Waals surface area contributed by atoms with Crippen LogP contribution >= 0.6 is 28.1 Å². The van der Waals surface area contributed by atoms with E-state index in [1.165, 1.54) is 5.52 Å². The van der Waals surface area contributed by atoms with Gasteiger partial charge in [0.25, 0.3) is 0 Å². The lowest BCUT2D eigenvalue weighted by Crippen LogP contribution is -2.10. The fourth-order valence-electron chi connectivity index (χ4n) is 1.80. The van der Waals surface area contributed by atoms with E-state index in [0.29, 0.717) is 5.41 Å². The SMILES string of the molecule is CC(C)(C)CCn1c(=S)[nH]c2ccc(Br)cc21. The van der Waals surface area contributed by atoms with E-state index >= 15 is 0 Å². The lowest BCUT2D eigenvalue weighted by Gasteiger charge is -2.18. The summed E-state index contributed by atoms with van der Waals surface area (Å²) in [7, 11) is 0. The van der Waals surface area contributed by atoms with Crippen molar-refractivity contribution in [2.75, 3.05) is 0 Å².